The number of oxazole rings is 1. The molecule has 0 radical (unpaired) electrons. The highest BCUT2D eigenvalue weighted by molar-refractivity contribution is 7.91. The lowest BCUT2D eigenvalue weighted by atomic mass is 9.89. The molecule has 0 aliphatic heterocycles. The number of aryl methyl sites for hydroxylation is 1. The first kappa shape index (κ1) is 24.4. The summed E-state index contributed by atoms with van der Waals surface area (Å²) in [5.41, 5.74) is 1.61. The van der Waals surface area contributed by atoms with Gasteiger partial charge in [0.15, 0.2) is 0 Å². The molecule has 5 rings (SSSR count). The van der Waals surface area contributed by atoms with Gasteiger partial charge in [-0.15, -0.1) is 0 Å². The molecule has 35 heavy (non-hydrogen) atoms. The average Bonchev–Trinajstić information content (AvgIpc) is 3.32. The molecule has 0 atom stereocenters. The second-order valence-electron chi connectivity index (χ2n) is 9.92. The first-order chi connectivity index (χ1) is 16.9. The van der Waals surface area contributed by atoms with Crippen LogP contribution >= 0.6 is 11.6 Å². The Bertz CT molecular complexity index is 1240. The highest BCUT2D eigenvalue weighted by Gasteiger charge is 2.38. The van der Waals surface area contributed by atoms with E-state index in [2.05, 4.69) is 9.88 Å². The molecule has 5 nitrogen and oxygen atoms in total. The second-order valence-corrected chi connectivity index (χ2v) is 12.2. The molecule has 1 heterocycles. The predicted molar refractivity (Wildman–Crippen MR) is 140 cm³/mol. The number of halogens is 1. The van der Waals surface area contributed by atoms with Gasteiger partial charge in [0.05, 0.1) is 15.5 Å². The number of benzene rings is 2. The van der Waals surface area contributed by atoms with Crippen LogP contribution in [0.3, 0.4) is 0 Å². The molecule has 0 N–H and O–H groups in total. The maximum Gasteiger partial charge on any atom is 0.236 e. The van der Waals surface area contributed by atoms with Gasteiger partial charge >= 0.3 is 0 Å². The molecule has 0 bridgehead atoms. The first-order valence-electron chi connectivity index (χ1n) is 12.8. The van der Waals surface area contributed by atoms with Crippen molar-refractivity contribution in [2.24, 2.45) is 0 Å². The summed E-state index contributed by atoms with van der Waals surface area (Å²) in [6, 6.07) is 14.8. The molecule has 3 aromatic rings. The Hall–Kier alpha value is -2.31. The van der Waals surface area contributed by atoms with Crippen molar-refractivity contribution in [3.8, 4) is 11.5 Å². The fraction of sp³-hybridized carbons (Fsp3) is 0.464. The van der Waals surface area contributed by atoms with Crippen molar-refractivity contribution in [2.75, 3.05) is 4.90 Å². The summed E-state index contributed by atoms with van der Waals surface area (Å²) in [5, 5.41) is 0.494. The predicted octanol–water partition coefficient (Wildman–Crippen LogP) is 7.61. The van der Waals surface area contributed by atoms with Gasteiger partial charge < -0.3 is 9.32 Å². The maximum absolute atomic E-state index is 14.0. The number of hydrogen-bond donors (Lipinski definition) is 0. The van der Waals surface area contributed by atoms with Crippen molar-refractivity contribution in [1.82, 2.24) is 4.98 Å². The molecule has 0 saturated heterocycles. The minimum Gasteiger partial charge on any atom is -0.419 e. The van der Waals surface area contributed by atoms with Gasteiger partial charge in [0.25, 0.3) is 0 Å². The molecule has 186 valence electrons. The Morgan fingerprint density at radius 2 is 1.43 bits per heavy atom. The van der Waals surface area contributed by atoms with Crippen LogP contribution in [0.15, 0.2) is 62.9 Å². The zero-order valence-corrected chi connectivity index (χ0v) is 21.8. The zero-order chi connectivity index (χ0) is 24.4. The number of aromatic nitrogens is 1. The average molecular weight is 513 g/mol. The topological polar surface area (TPSA) is 63.4 Å². The van der Waals surface area contributed by atoms with Crippen LogP contribution in [0.1, 0.15) is 69.8 Å². The van der Waals surface area contributed by atoms with E-state index in [1.54, 1.807) is 18.2 Å². The molecule has 0 amide bonds. The van der Waals surface area contributed by atoms with E-state index in [9.17, 15) is 8.42 Å². The van der Waals surface area contributed by atoms with E-state index >= 15 is 0 Å². The van der Waals surface area contributed by atoms with Crippen molar-refractivity contribution < 1.29 is 12.8 Å². The number of nitrogens with zero attached hydrogens (tertiary/aromatic N) is 2. The third-order valence-corrected chi connectivity index (χ3v) is 9.44. The number of rotatable bonds is 6. The van der Waals surface area contributed by atoms with Crippen molar-refractivity contribution in [2.45, 2.75) is 93.1 Å². The summed E-state index contributed by atoms with van der Waals surface area (Å²) >= 11 is 6.48. The van der Waals surface area contributed by atoms with Crippen LogP contribution in [0, 0.1) is 6.92 Å². The third kappa shape index (κ3) is 5.01. The summed E-state index contributed by atoms with van der Waals surface area (Å²) in [4.78, 5) is 7.17. The van der Waals surface area contributed by atoms with E-state index in [1.807, 2.05) is 37.3 Å². The van der Waals surface area contributed by atoms with E-state index in [4.69, 9.17) is 16.0 Å². The second kappa shape index (κ2) is 10.4. The van der Waals surface area contributed by atoms with Gasteiger partial charge in [-0.25, -0.2) is 8.42 Å². The Morgan fingerprint density at radius 1 is 0.857 bits per heavy atom. The van der Waals surface area contributed by atoms with Gasteiger partial charge in [-0.05, 0) is 56.9 Å². The summed E-state index contributed by atoms with van der Waals surface area (Å²) in [5.74, 6) is 0.646. The summed E-state index contributed by atoms with van der Waals surface area (Å²) in [7, 11) is -3.90. The molecular weight excluding hydrogens is 480 g/mol. The lowest BCUT2D eigenvalue weighted by molar-refractivity contribution is 0.322. The molecule has 2 aromatic carbocycles. The lowest BCUT2D eigenvalue weighted by Gasteiger charge is -2.41. The molecule has 7 heteroatoms. The molecular formula is C28H33ClN2O3S. The van der Waals surface area contributed by atoms with Crippen LogP contribution in [-0.2, 0) is 9.84 Å². The molecule has 2 aliphatic carbocycles. The van der Waals surface area contributed by atoms with Crippen LogP contribution in [0.4, 0.5) is 5.88 Å². The number of sulfone groups is 1. The molecule has 2 fully saturated rings. The summed E-state index contributed by atoms with van der Waals surface area (Å²) in [6.07, 6.45) is 11.2. The SMILES string of the molecule is Cc1ccc(S(=O)(=O)c2nc(-c3ccccc3Cl)oc2N(C2CCCCC2)C2CCCCC2)cc1. The van der Waals surface area contributed by atoms with E-state index < -0.39 is 9.84 Å². The van der Waals surface area contributed by atoms with Crippen molar-refractivity contribution in [3.05, 3.63) is 59.1 Å². The van der Waals surface area contributed by atoms with Crippen molar-refractivity contribution in [3.63, 3.8) is 0 Å². The van der Waals surface area contributed by atoms with Crippen LogP contribution < -0.4 is 4.90 Å². The summed E-state index contributed by atoms with van der Waals surface area (Å²) in [6.45, 7) is 1.95. The normalized spacial score (nSPS) is 18.0. The summed E-state index contributed by atoms with van der Waals surface area (Å²) < 4.78 is 34.4. The van der Waals surface area contributed by atoms with E-state index in [-0.39, 0.29) is 27.9 Å². The molecule has 0 spiro atoms. The Labute approximate surface area is 213 Å². The Kier molecular flexibility index (Phi) is 7.21. The number of anilines is 1. The lowest BCUT2D eigenvalue weighted by Crippen LogP contribution is -2.45. The zero-order valence-electron chi connectivity index (χ0n) is 20.2. The van der Waals surface area contributed by atoms with Gasteiger partial charge in [0.1, 0.15) is 0 Å². The molecule has 2 aliphatic rings. The minimum atomic E-state index is -3.90. The maximum atomic E-state index is 14.0. The van der Waals surface area contributed by atoms with E-state index in [1.165, 1.54) is 12.8 Å². The molecule has 0 unspecified atom stereocenters. The standard InChI is InChI=1S/C28H33ClN2O3S/c1-20-16-18-23(19-17-20)35(32,33)27-28(34-26(30-27)24-14-8-9-15-25(24)29)31(21-10-4-2-5-11-21)22-12-6-3-7-13-22/h8-9,14-19,21-22H,2-7,10-13H2,1H3. The van der Waals surface area contributed by atoms with Crippen LogP contribution in [-0.4, -0.2) is 25.5 Å². The quantitative estimate of drug-likeness (QED) is 0.340. The van der Waals surface area contributed by atoms with Gasteiger partial charge in [-0.2, -0.15) is 4.98 Å². The Morgan fingerprint density at radius 3 is 2.00 bits per heavy atom. The number of hydrogen-bond acceptors (Lipinski definition) is 5. The molecule has 1 aromatic heterocycles. The highest BCUT2D eigenvalue weighted by Crippen LogP contribution is 2.42. The third-order valence-electron chi connectivity index (χ3n) is 7.44. The highest BCUT2D eigenvalue weighted by atomic mass is 35.5. The fourth-order valence-corrected chi connectivity index (χ4v) is 7.08. The van der Waals surface area contributed by atoms with Crippen molar-refractivity contribution >= 4 is 27.3 Å². The van der Waals surface area contributed by atoms with Crippen LogP contribution in [0.25, 0.3) is 11.5 Å². The molecule has 2 saturated carbocycles. The van der Waals surface area contributed by atoms with Crippen LogP contribution in [0.2, 0.25) is 5.02 Å². The Balaban J connectivity index is 1.69. The first-order valence-corrected chi connectivity index (χ1v) is 14.7. The van der Waals surface area contributed by atoms with Crippen LogP contribution in [0.5, 0.6) is 0 Å². The largest absolute Gasteiger partial charge is 0.419 e. The van der Waals surface area contributed by atoms with E-state index in [0.29, 0.717) is 16.5 Å². The van der Waals surface area contributed by atoms with E-state index in [0.717, 1.165) is 56.9 Å². The van der Waals surface area contributed by atoms with Gasteiger partial charge in [-0.1, -0.05) is 80.0 Å². The van der Waals surface area contributed by atoms with Gasteiger partial charge in [-0.3, -0.25) is 0 Å². The monoisotopic (exact) mass is 512 g/mol. The van der Waals surface area contributed by atoms with Gasteiger partial charge in [0.2, 0.25) is 26.6 Å². The fourth-order valence-electron chi connectivity index (χ4n) is 5.56. The van der Waals surface area contributed by atoms with Gasteiger partial charge in [0, 0.05) is 12.1 Å². The van der Waals surface area contributed by atoms with Crippen molar-refractivity contribution in [1.29, 1.82) is 0 Å². The minimum absolute atomic E-state index is 0.00687. The smallest absolute Gasteiger partial charge is 0.236 e.